The fourth-order valence-corrected chi connectivity index (χ4v) is 4.40. The van der Waals surface area contributed by atoms with Gasteiger partial charge in [0.25, 0.3) is 0 Å². The molecule has 1 amide bonds. The van der Waals surface area contributed by atoms with Gasteiger partial charge in [0.2, 0.25) is 5.91 Å². The molecule has 0 aliphatic rings. The van der Waals surface area contributed by atoms with E-state index in [0.717, 1.165) is 47.4 Å². The number of benzene rings is 4. The molecule has 5 rings (SSSR count). The maximum Gasteiger partial charge on any atom is 0.220 e. The van der Waals surface area contributed by atoms with Gasteiger partial charge in [-0.2, -0.15) is 0 Å². The van der Waals surface area contributed by atoms with E-state index in [4.69, 9.17) is 9.72 Å². The van der Waals surface area contributed by atoms with Crippen LogP contribution in [0, 0.1) is 0 Å². The van der Waals surface area contributed by atoms with E-state index >= 15 is 0 Å². The monoisotopic (exact) mass is 463 g/mol. The molecule has 0 saturated heterocycles. The number of hydrogen-bond acceptors (Lipinski definition) is 3. The number of amides is 1. The predicted molar refractivity (Wildman–Crippen MR) is 140 cm³/mol. The molecule has 0 unspecified atom stereocenters. The fourth-order valence-electron chi connectivity index (χ4n) is 4.40. The second-order valence-corrected chi connectivity index (χ2v) is 8.61. The molecule has 1 N–H and O–H groups in total. The molecule has 1 heterocycles. The molecule has 1 aromatic heterocycles. The minimum atomic E-state index is 0.0340. The summed E-state index contributed by atoms with van der Waals surface area (Å²) in [5, 5.41) is 5.36. The third-order valence-electron chi connectivity index (χ3n) is 6.19. The van der Waals surface area contributed by atoms with Gasteiger partial charge in [-0.25, -0.2) is 4.98 Å². The van der Waals surface area contributed by atoms with Gasteiger partial charge in [-0.1, -0.05) is 78.9 Å². The summed E-state index contributed by atoms with van der Waals surface area (Å²) in [4.78, 5) is 17.3. The summed E-state index contributed by atoms with van der Waals surface area (Å²) < 4.78 is 8.33. The van der Waals surface area contributed by atoms with Crippen molar-refractivity contribution in [2.45, 2.75) is 32.4 Å². The van der Waals surface area contributed by atoms with Crippen molar-refractivity contribution in [3.05, 3.63) is 108 Å². The normalized spacial score (nSPS) is 11.1. The van der Waals surface area contributed by atoms with Gasteiger partial charge >= 0.3 is 0 Å². The number of rotatable bonds is 10. The van der Waals surface area contributed by atoms with Crippen molar-refractivity contribution in [3.63, 3.8) is 0 Å². The zero-order valence-electron chi connectivity index (χ0n) is 19.7. The van der Waals surface area contributed by atoms with Crippen LogP contribution in [-0.2, 0) is 24.3 Å². The summed E-state index contributed by atoms with van der Waals surface area (Å²) in [6.07, 6.45) is 2.02. The molecule has 0 aliphatic heterocycles. The highest BCUT2D eigenvalue weighted by Gasteiger charge is 2.12. The van der Waals surface area contributed by atoms with Crippen molar-refractivity contribution in [1.29, 1.82) is 0 Å². The first-order chi connectivity index (χ1) is 17.3. The highest BCUT2D eigenvalue weighted by Crippen LogP contribution is 2.25. The van der Waals surface area contributed by atoms with E-state index in [9.17, 15) is 4.79 Å². The molecular formula is C30H29N3O2. The number of carbonyl (C=O) groups is 1. The van der Waals surface area contributed by atoms with Crippen LogP contribution in [0.1, 0.15) is 24.2 Å². The largest absolute Gasteiger partial charge is 0.493 e. The molecule has 5 nitrogen and oxygen atoms in total. The first-order valence-corrected chi connectivity index (χ1v) is 12.1. The average Bonchev–Trinajstić information content (AvgIpc) is 3.26. The molecule has 5 aromatic rings. The Balaban J connectivity index is 1.21. The van der Waals surface area contributed by atoms with Gasteiger partial charge in [0, 0.05) is 18.4 Å². The zero-order valence-corrected chi connectivity index (χ0v) is 19.7. The van der Waals surface area contributed by atoms with Crippen molar-refractivity contribution in [1.82, 2.24) is 14.9 Å². The number of nitrogens with zero attached hydrogens (tertiary/aromatic N) is 2. The van der Waals surface area contributed by atoms with Crippen molar-refractivity contribution in [2.24, 2.45) is 0 Å². The summed E-state index contributed by atoms with van der Waals surface area (Å²) in [6, 6.07) is 32.6. The van der Waals surface area contributed by atoms with Crippen LogP contribution >= 0.6 is 0 Å². The Morgan fingerprint density at radius 1 is 0.857 bits per heavy atom. The summed E-state index contributed by atoms with van der Waals surface area (Å²) in [7, 11) is 0. The number of nitrogens with one attached hydrogen (secondary N) is 1. The molecule has 35 heavy (non-hydrogen) atoms. The van der Waals surface area contributed by atoms with Crippen molar-refractivity contribution in [3.8, 4) is 5.75 Å². The number of para-hydroxylation sites is 2. The maximum atomic E-state index is 12.5. The third kappa shape index (κ3) is 5.52. The van der Waals surface area contributed by atoms with Crippen LogP contribution in [0.2, 0.25) is 0 Å². The molecule has 0 radical (unpaired) electrons. The summed E-state index contributed by atoms with van der Waals surface area (Å²) in [6.45, 7) is 1.77. The van der Waals surface area contributed by atoms with Crippen molar-refractivity contribution in [2.75, 3.05) is 6.61 Å². The molecule has 0 aliphatic carbocycles. The van der Waals surface area contributed by atoms with Crippen LogP contribution in [-0.4, -0.2) is 22.1 Å². The van der Waals surface area contributed by atoms with Gasteiger partial charge in [-0.3, -0.25) is 4.79 Å². The Hall–Kier alpha value is -4.12. The number of aromatic nitrogens is 2. The standard InChI is InChI=1S/C30H29N3O2/c34-30(19-18-23-10-2-1-3-11-23)31-22-29-32-26-15-6-7-16-27(26)33(29)20-9-21-35-28-17-8-13-24-12-4-5-14-25(24)28/h1-8,10-17H,9,18-22H2,(H,31,34). The smallest absolute Gasteiger partial charge is 0.220 e. The minimum Gasteiger partial charge on any atom is -0.493 e. The highest BCUT2D eigenvalue weighted by molar-refractivity contribution is 5.88. The molecule has 5 heteroatoms. The number of fused-ring (bicyclic) bond motifs is 2. The van der Waals surface area contributed by atoms with Gasteiger partial charge in [0.15, 0.2) is 0 Å². The van der Waals surface area contributed by atoms with Gasteiger partial charge in [-0.05, 0) is 42.0 Å². The predicted octanol–water partition coefficient (Wildman–Crippen LogP) is 5.91. The SMILES string of the molecule is O=C(CCc1ccccc1)NCc1nc2ccccc2n1CCCOc1cccc2ccccc12. The zero-order chi connectivity index (χ0) is 23.9. The summed E-state index contributed by atoms with van der Waals surface area (Å²) >= 11 is 0. The van der Waals surface area contributed by atoms with Crippen molar-refractivity contribution >= 4 is 27.7 Å². The third-order valence-corrected chi connectivity index (χ3v) is 6.19. The van der Waals surface area contributed by atoms with Crippen LogP contribution in [0.15, 0.2) is 97.1 Å². The van der Waals surface area contributed by atoms with Crippen LogP contribution in [0.4, 0.5) is 0 Å². The van der Waals surface area contributed by atoms with Gasteiger partial charge in [-0.15, -0.1) is 0 Å². The fraction of sp³-hybridized carbons (Fsp3) is 0.200. The molecule has 0 atom stereocenters. The number of ether oxygens (including phenoxy) is 1. The first-order valence-electron chi connectivity index (χ1n) is 12.1. The van der Waals surface area contributed by atoms with E-state index in [-0.39, 0.29) is 5.91 Å². The van der Waals surface area contributed by atoms with Crippen LogP contribution in [0.5, 0.6) is 5.75 Å². The maximum absolute atomic E-state index is 12.5. The van der Waals surface area contributed by atoms with Crippen LogP contribution < -0.4 is 10.1 Å². The Morgan fingerprint density at radius 3 is 2.54 bits per heavy atom. The van der Waals surface area contributed by atoms with E-state index in [1.54, 1.807) is 0 Å². The lowest BCUT2D eigenvalue weighted by Gasteiger charge is -2.12. The van der Waals surface area contributed by atoms with Crippen LogP contribution in [0.3, 0.4) is 0 Å². The van der Waals surface area contributed by atoms with E-state index in [2.05, 4.69) is 34.1 Å². The second-order valence-electron chi connectivity index (χ2n) is 8.61. The van der Waals surface area contributed by atoms with E-state index in [0.29, 0.717) is 19.6 Å². The number of aryl methyl sites for hydroxylation is 2. The molecule has 0 saturated carbocycles. The van der Waals surface area contributed by atoms with E-state index in [1.165, 1.54) is 10.9 Å². The first kappa shape index (κ1) is 22.7. The summed E-state index contributed by atoms with van der Waals surface area (Å²) in [5.41, 5.74) is 3.18. The molecule has 0 bridgehead atoms. The average molecular weight is 464 g/mol. The highest BCUT2D eigenvalue weighted by atomic mass is 16.5. The molecule has 0 fully saturated rings. The number of hydrogen-bond donors (Lipinski definition) is 1. The lowest BCUT2D eigenvalue weighted by molar-refractivity contribution is -0.121. The minimum absolute atomic E-state index is 0.0340. The number of imidazole rings is 1. The Bertz CT molecular complexity index is 1420. The second kappa shape index (κ2) is 10.9. The molecule has 176 valence electrons. The van der Waals surface area contributed by atoms with E-state index in [1.807, 2.05) is 72.8 Å². The van der Waals surface area contributed by atoms with Crippen molar-refractivity contribution < 1.29 is 9.53 Å². The molecular weight excluding hydrogens is 434 g/mol. The van der Waals surface area contributed by atoms with Gasteiger partial charge < -0.3 is 14.6 Å². The Labute approximate surface area is 205 Å². The lowest BCUT2D eigenvalue weighted by Crippen LogP contribution is -2.25. The number of carbonyl (C=O) groups excluding carboxylic acids is 1. The Kier molecular flexibility index (Phi) is 7.04. The quantitative estimate of drug-likeness (QED) is 0.262. The lowest BCUT2D eigenvalue weighted by atomic mass is 10.1. The van der Waals surface area contributed by atoms with Gasteiger partial charge in [0.1, 0.15) is 11.6 Å². The Morgan fingerprint density at radius 2 is 1.63 bits per heavy atom. The summed E-state index contributed by atoms with van der Waals surface area (Å²) in [5.74, 6) is 1.81. The molecule has 4 aromatic carbocycles. The van der Waals surface area contributed by atoms with Gasteiger partial charge in [0.05, 0.1) is 24.2 Å². The topological polar surface area (TPSA) is 56.2 Å². The molecule has 0 spiro atoms. The van der Waals surface area contributed by atoms with E-state index < -0.39 is 0 Å². The van der Waals surface area contributed by atoms with Crippen LogP contribution in [0.25, 0.3) is 21.8 Å².